The van der Waals surface area contributed by atoms with Crippen molar-refractivity contribution in [2.24, 2.45) is 0 Å². The summed E-state index contributed by atoms with van der Waals surface area (Å²) < 4.78 is 13.3. The van der Waals surface area contributed by atoms with E-state index in [1.807, 2.05) is 31.1 Å². The van der Waals surface area contributed by atoms with Crippen molar-refractivity contribution >= 4 is 5.91 Å². The average molecular weight is 422 g/mol. The van der Waals surface area contributed by atoms with E-state index in [1.54, 1.807) is 30.7 Å². The third-order valence-corrected chi connectivity index (χ3v) is 4.97. The van der Waals surface area contributed by atoms with E-state index in [0.29, 0.717) is 24.9 Å². The fraction of sp³-hybridized carbons (Fsp3) is 0.333. The fourth-order valence-corrected chi connectivity index (χ4v) is 3.30. The molecule has 0 aliphatic rings. The van der Waals surface area contributed by atoms with Gasteiger partial charge in [0, 0.05) is 55.1 Å². The van der Waals surface area contributed by atoms with E-state index in [-0.39, 0.29) is 17.6 Å². The lowest BCUT2D eigenvalue weighted by atomic mass is 9.95. The first-order valence-corrected chi connectivity index (χ1v) is 10.3. The smallest absolute Gasteiger partial charge is 0.251 e. The maximum atomic E-state index is 13.3. The number of halogens is 1. The molecular weight excluding hydrogens is 393 g/mol. The first-order valence-electron chi connectivity index (χ1n) is 10.3. The standard InChI is InChI=1S/C24H28FN5O/c1-17(18-4-6-20(25)7-5-18)12-21-13-19(24(31)28-10-11-30(2)3)14-22(29-21)15-23-16-26-8-9-27-23/h4-9,13-14,16-17H,10-12,15H2,1-3H3,(H,28,31)/t17-/m1/s1. The molecule has 0 fully saturated rings. The highest BCUT2D eigenvalue weighted by atomic mass is 19.1. The molecule has 3 rings (SSSR count). The van der Waals surface area contributed by atoms with Gasteiger partial charge in [0.1, 0.15) is 5.82 Å². The second kappa shape index (κ2) is 10.7. The quantitative estimate of drug-likeness (QED) is 0.574. The minimum absolute atomic E-state index is 0.125. The van der Waals surface area contributed by atoms with Crippen molar-refractivity contribution in [1.82, 2.24) is 25.2 Å². The Bertz CT molecular complexity index is 993. The van der Waals surface area contributed by atoms with E-state index in [4.69, 9.17) is 4.98 Å². The van der Waals surface area contributed by atoms with Crippen LogP contribution in [0.1, 0.15) is 45.8 Å². The summed E-state index contributed by atoms with van der Waals surface area (Å²) in [6, 6.07) is 10.2. The van der Waals surface area contributed by atoms with Crippen molar-refractivity contribution in [2.75, 3.05) is 27.2 Å². The normalized spacial score (nSPS) is 12.0. The molecule has 0 radical (unpaired) electrons. The Labute approximate surface area is 182 Å². The van der Waals surface area contributed by atoms with Gasteiger partial charge in [0.15, 0.2) is 0 Å². The van der Waals surface area contributed by atoms with Crippen molar-refractivity contribution in [3.05, 3.63) is 89.0 Å². The van der Waals surface area contributed by atoms with Gasteiger partial charge in [-0.05, 0) is 56.3 Å². The van der Waals surface area contributed by atoms with E-state index in [1.165, 1.54) is 12.1 Å². The molecule has 31 heavy (non-hydrogen) atoms. The summed E-state index contributed by atoms with van der Waals surface area (Å²) >= 11 is 0. The minimum Gasteiger partial charge on any atom is -0.351 e. The topological polar surface area (TPSA) is 71.0 Å². The molecule has 1 amide bonds. The summed E-state index contributed by atoms with van der Waals surface area (Å²) in [6.45, 7) is 3.40. The molecule has 162 valence electrons. The molecule has 0 aliphatic heterocycles. The van der Waals surface area contributed by atoms with Gasteiger partial charge in [0.25, 0.3) is 5.91 Å². The Kier molecular flexibility index (Phi) is 7.78. The van der Waals surface area contributed by atoms with Crippen LogP contribution in [-0.2, 0) is 12.8 Å². The van der Waals surface area contributed by atoms with Crippen LogP contribution in [0.25, 0.3) is 0 Å². The number of likely N-dealkylation sites (N-methyl/N-ethyl adjacent to an activating group) is 1. The molecule has 1 atom stereocenters. The maximum absolute atomic E-state index is 13.3. The number of benzene rings is 1. The Morgan fingerprint density at radius 1 is 1.10 bits per heavy atom. The van der Waals surface area contributed by atoms with E-state index in [0.717, 1.165) is 29.2 Å². The van der Waals surface area contributed by atoms with Gasteiger partial charge in [-0.25, -0.2) is 4.39 Å². The number of nitrogens with one attached hydrogen (secondary N) is 1. The number of rotatable bonds is 9. The Hall–Kier alpha value is -3.19. The molecule has 1 N–H and O–H groups in total. The lowest BCUT2D eigenvalue weighted by molar-refractivity contribution is 0.0950. The molecule has 6 nitrogen and oxygen atoms in total. The second-order valence-electron chi connectivity index (χ2n) is 7.93. The first kappa shape index (κ1) is 22.5. The van der Waals surface area contributed by atoms with Crippen LogP contribution in [-0.4, -0.2) is 52.9 Å². The van der Waals surface area contributed by atoms with Crippen molar-refractivity contribution in [3.63, 3.8) is 0 Å². The predicted octanol–water partition coefficient (Wildman–Crippen LogP) is 3.24. The summed E-state index contributed by atoms with van der Waals surface area (Å²) in [5.41, 5.74) is 3.98. The van der Waals surface area contributed by atoms with Crippen LogP contribution in [0, 0.1) is 5.82 Å². The van der Waals surface area contributed by atoms with Crippen LogP contribution in [0.3, 0.4) is 0 Å². The van der Waals surface area contributed by atoms with Crippen LogP contribution < -0.4 is 5.32 Å². The number of hydrogen-bond donors (Lipinski definition) is 1. The van der Waals surface area contributed by atoms with Crippen LogP contribution in [0.15, 0.2) is 55.0 Å². The number of carbonyl (C=O) groups is 1. The zero-order valence-electron chi connectivity index (χ0n) is 18.2. The van der Waals surface area contributed by atoms with E-state index >= 15 is 0 Å². The summed E-state index contributed by atoms with van der Waals surface area (Å²) in [7, 11) is 3.93. The van der Waals surface area contributed by atoms with Gasteiger partial charge in [0.05, 0.1) is 5.69 Å². The third kappa shape index (κ3) is 6.93. The number of pyridine rings is 1. The molecule has 0 bridgehead atoms. The molecule has 2 heterocycles. The molecule has 1 aromatic carbocycles. The van der Waals surface area contributed by atoms with Crippen molar-refractivity contribution in [1.29, 1.82) is 0 Å². The Balaban J connectivity index is 1.83. The third-order valence-electron chi connectivity index (χ3n) is 4.97. The Morgan fingerprint density at radius 3 is 2.52 bits per heavy atom. The lowest BCUT2D eigenvalue weighted by Crippen LogP contribution is -2.31. The zero-order valence-corrected chi connectivity index (χ0v) is 18.2. The highest BCUT2D eigenvalue weighted by Gasteiger charge is 2.14. The van der Waals surface area contributed by atoms with Crippen LogP contribution >= 0.6 is 0 Å². The van der Waals surface area contributed by atoms with E-state index in [9.17, 15) is 9.18 Å². The van der Waals surface area contributed by atoms with Crippen LogP contribution in [0.5, 0.6) is 0 Å². The fourth-order valence-electron chi connectivity index (χ4n) is 3.30. The van der Waals surface area contributed by atoms with Gasteiger partial charge >= 0.3 is 0 Å². The highest BCUT2D eigenvalue weighted by Crippen LogP contribution is 2.21. The number of aromatic nitrogens is 3. The van der Waals surface area contributed by atoms with Crippen LogP contribution in [0.2, 0.25) is 0 Å². The molecule has 0 aliphatic carbocycles. The number of nitrogens with zero attached hydrogens (tertiary/aromatic N) is 4. The largest absolute Gasteiger partial charge is 0.351 e. The highest BCUT2D eigenvalue weighted by molar-refractivity contribution is 5.94. The van der Waals surface area contributed by atoms with Gasteiger partial charge in [-0.2, -0.15) is 0 Å². The number of hydrogen-bond acceptors (Lipinski definition) is 5. The summed E-state index contributed by atoms with van der Waals surface area (Å²) in [6.07, 6.45) is 6.10. The molecule has 2 aromatic heterocycles. The summed E-state index contributed by atoms with van der Waals surface area (Å²) in [4.78, 5) is 28.0. The van der Waals surface area contributed by atoms with E-state index < -0.39 is 0 Å². The second-order valence-corrected chi connectivity index (χ2v) is 7.93. The van der Waals surface area contributed by atoms with E-state index in [2.05, 4.69) is 22.2 Å². The molecule has 0 saturated carbocycles. The van der Waals surface area contributed by atoms with Crippen molar-refractivity contribution in [2.45, 2.75) is 25.7 Å². The van der Waals surface area contributed by atoms with Gasteiger partial charge in [-0.15, -0.1) is 0 Å². The predicted molar refractivity (Wildman–Crippen MR) is 118 cm³/mol. The molecule has 0 saturated heterocycles. The van der Waals surface area contributed by atoms with Crippen molar-refractivity contribution in [3.8, 4) is 0 Å². The average Bonchev–Trinajstić information content (AvgIpc) is 2.74. The Morgan fingerprint density at radius 2 is 1.84 bits per heavy atom. The molecule has 0 spiro atoms. The van der Waals surface area contributed by atoms with Gasteiger partial charge < -0.3 is 10.2 Å². The van der Waals surface area contributed by atoms with Gasteiger partial charge in [-0.3, -0.25) is 19.7 Å². The lowest BCUT2D eigenvalue weighted by Gasteiger charge is -2.15. The van der Waals surface area contributed by atoms with Gasteiger partial charge in [0.2, 0.25) is 0 Å². The molecule has 7 heteroatoms. The zero-order chi connectivity index (χ0) is 22.2. The van der Waals surface area contributed by atoms with Gasteiger partial charge in [-0.1, -0.05) is 19.1 Å². The number of amides is 1. The first-order chi connectivity index (χ1) is 14.9. The number of carbonyl (C=O) groups excluding carboxylic acids is 1. The minimum atomic E-state index is -0.253. The molecular formula is C24H28FN5O. The summed E-state index contributed by atoms with van der Waals surface area (Å²) in [5.74, 6) is -0.249. The van der Waals surface area contributed by atoms with Crippen LogP contribution in [0.4, 0.5) is 4.39 Å². The summed E-state index contributed by atoms with van der Waals surface area (Å²) in [5, 5.41) is 2.96. The molecule has 0 unspecified atom stereocenters. The maximum Gasteiger partial charge on any atom is 0.251 e. The molecule has 3 aromatic rings. The van der Waals surface area contributed by atoms with Crippen molar-refractivity contribution < 1.29 is 9.18 Å². The SMILES string of the molecule is C[C@H](Cc1cc(C(=O)NCCN(C)C)cc(Cc2cnccn2)n1)c1ccc(F)cc1. The monoisotopic (exact) mass is 421 g/mol.